The Morgan fingerprint density at radius 1 is 1.27 bits per heavy atom. The molecular weight excluding hydrogens is 284 g/mol. The first-order chi connectivity index (χ1) is 6.52. The van der Waals surface area contributed by atoms with Crippen LogP contribution in [0.1, 0.15) is 16.1 Å². The number of hydrogen-bond donors (Lipinski definition) is 1. The van der Waals surface area contributed by atoms with Gasteiger partial charge in [0, 0.05) is 11.8 Å². The molecule has 15 heavy (non-hydrogen) atoms. The third-order valence-electron chi connectivity index (χ3n) is 1.40. The second kappa shape index (κ2) is 6.18. The number of nitrogens with zero attached hydrogens (tertiary/aromatic N) is 1. The first kappa shape index (κ1) is 14.5. The number of aromatic nitrogens is 1. The Balaban J connectivity index is 0.00000196. The lowest BCUT2D eigenvalue weighted by Crippen LogP contribution is -1.99. The Labute approximate surface area is 107 Å². The highest BCUT2D eigenvalue weighted by molar-refractivity contribution is 6.66. The van der Waals surface area contributed by atoms with Crippen LogP contribution in [0.4, 0.5) is 0 Å². The van der Waals surface area contributed by atoms with Gasteiger partial charge in [0.2, 0.25) is 0 Å². The molecule has 82 valence electrons. The zero-order chi connectivity index (χ0) is 10.7. The number of aromatic carboxylic acids is 1. The van der Waals surface area contributed by atoms with Crippen LogP contribution < -0.4 is 0 Å². The van der Waals surface area contributed by atoms with Crippen LogP contribution in [0, 0.1) is 0 Å². The Morgan fingerprint density at radius 2 is 1.87 bits per heavy atom. The topological polar surface area (TPSA) is 50.2 Å². The van der Waals surface area contributed by atoms with Gasteiger partial charge in [-0.25, -0.2) is 9.78 Å². The molecule has 7 heteroatoms. The van der Waals surface area contributed by atoms with E-state index in [1.807, 2.05) is 0 Å². The van der Waals surface area contributed by atoms with E-state index in [1.54, 1.807) is 0 Å². The maximum absolute atomic E-state index is 10.5. The van der Waals surface area contributed by atoms with Crippen molar-refractivity contribution in [1.82, 2.24) is 4.98 Å². The number of carboxylic acid groups (broad SMARTS) is 1. The monoisotopic (exact) mass is 287 g/mol. The summed E-state index contributed by atoms with van der Waals surface area (Å²) >= 11 is 16.6. The summed E-state index contributed by atoms with van der Waals surface area (Å²) in [6, 6.07) is 2.79. The molecule has 0 saturated carbocycles. The van der Waals surface area contributed by atoms with Crippen molar-refractivity contribution in [3.8, 4) is 0 Å². The van der Waals surface area contributed by atoms with Gasteiger partial charge in [0.05, 0.1) is 5.03 Å². The van der Waals surface area contributed by atoms with E-state index in [-0.39, 0.29) is 27.6 Å². The van der Waals surface area contributed by atoms with Crippen LogP contribution in [0.3, 0.4) is 0 Å². The van der Waals surface area contributed by atoms with Gasteiger partial charge in [-0.1, -0.05) is 34.8 Å². The summed E-state index contributed by atoms with van der Waals surface area (Å²) < 4.78 is -0.0865. The standard InChI is InChI=1S/C8H4Cl3NO2.ClH/c9-6(7(10)11)4-1-2-5(8(13)14)12-3-4;/h1-3H,(H,13,14);1H. The average molecular weight is 289 g/mol. The fourth-order valence-corrected chi connectivity index (χ4v) is 1.09. The zero-order valence-corrected chi connectivity index (χ0v) is 10.2. The predicted octanol–water partition coefficient (Wildman–Crippen LogP) is 3.54. The molecule has 1 aromatic heterocycles. The van der Waals surface area contributed by atoms with Crippen LogP contribution in [0.2, 0.25) is 0 Å². The van der Waals surface area contributed by atoms with Crippen molar-refractivity contribution in [3.05, 3.63) is 34.1 Å². The van der Waals surface area contributed by atoms with Crippen molar-refractivity contribution in [3.63, 3.8) is 0 Å². The van der Waals surface area contributed by atoms with Gasteiger partial charge < -0.3 is 5.11 Å². The molecule has 0 fully saturated rings. The van der Waals surface area contributed by atoms with Gasteiger partial charge in [-0.05, 0) is 12.1 Å². The maximum Gasteiger partial charge on any atom is 0.354 e. The lowest BCUT2D eigenvalue weighted by molar-refractivity contribution is 0.0690. The summed E-state index contributed by atoms with van der Waals surface area (Å²) in [4.78, 5) is 14.1. The first-order valence-corrected chi connectivity index (χ1v) is 4.56. The Hall–Kier alpha value is -0.480. The normalized spacial score (nSPS) is 9.00. The molecule has 3 nitrogen and oxygen atoms in total. The van der Waals surface area contributed by atoms with Gasteiger partial charge in [-0.3, -0.25) is 0 Å². The van der Waals surface area contributed by atoms with E-state index in [0.717, 1.165) is 0 Å². The van der Waals surface area contributed by atoms with Crippen molar-refractivity contribution in [2.75, 3.05) is 0 Å². The first-order valence-electron chi connectivity index (χ1n) is 3.43. The second-order valence-corrected chi connectivity index (χ2v) is 3.64. The van der Waals surface area contributed by atoms with Crippen molar-refractivity contribution in [2.24, 2.45) is 0 Å². The van der Waals surface area contributed by atoms with Crippen molar-refractivity contribution >= 4 is 58.2 Å². The highest BCUT2D eigenvalue weighted by Gasteiger charge is 2.07. The van der Waals surface area contributed by atoms with Gasteiger partial charge in [0.25, 0.3) is 0 Å². The molecule has 1 N–H and O–H groups in total. The number of carbonyl (C=O) groups is 1. The van der Waals surface area contributed by atoms with Gasteiger partial charge >= 0.3 is 5.97 Å². The van der Waals surface area contributed by atoms with Crippen LogP contribution in [0.25, 0.3) is 5.03 Å². The molecule has 0 spiro atoms. The summed E-state index contributed by atoms with van der Waals surface area (Å²) in [6.07, 6.45) is 1.29. The van der Waals surface area contributed by atoms with Crippen molar-refractivity contribution < 1.29 is 9.90 Å². The maximum atomic E-state index is 10.5. The zero-order valence-electron chi connectivity index (χ0n) is 7.08. The number of rotatable bonds is 2. The van der Waals surface area contributed by atoms with E-state index in [0.29, 0.717) is 5.56 Å². The predicted molar refractivity (Wildman–Crippen MR) is 62.9 cm³/mol. The lowest BCUT2D eigenvalue weighted by Gasteiger charge is -1.99. The van der Waals surface area contributed by atoms with Crippen LogP contribution in [-0.4, -0.2) is 16.1 Å². The minimum absolute atomic E-state index is 0. The fraction of sp³-hybridized carbons (Fsp3) is 0. The van der Waals surface area contributed by atoms with E-state index < -0.39 is 5.97 Å². The smallest absolute Gasteiger partial charge is 0.354 e. The van der Waals surface area contributed by atoms with Gasteiger partial charge in [0.1, 0.15) is 10.2 Å². The summed E-state index contributed by atoms with van der Waals surface area (Å²) in [6.45, 7) is 0. The van der Waals surface area contributed by atoms with Gasteiger partial charge in [-0.15, -0.1) is 12.4 Å². The molecular formula is C8H5Cl4NO2. The Kier molecular flexibility index (Phi) is 5.98. The van der Waals surface area contributed by atoms with Crippen molar-refractivity contribution in [1.29, 1.82) is 0 Å². The number of hydrogen-bond acceptors (Lipinski definition) is 2. The molecule has 0 aliphatic heterocycles. The molecule has 0 unspecified atom stereocenters. The molecule has 0 radical (unpaired) electrons. The highest BCUT2D eigenvalue weighted by atomic mass is 35.5. The number of halogens is 4. The van der Waals surface area contributed by atoms with E-state index in [1.165, 1.54) is 18.3 Å². The molecule has 1 heterocycles. The minimum Gasteiger partial charge on any atom is -0.477 e. The minimum atomic E-state index is -1.10. The van der Waals surface area contributed by atoms with Gasteiger partial charge in [0.15, 0.2) is 0 Å². The molecule has 0 aliphatic carbocycles. The highest BCUT2D eigenvalue weighted by Crippen LogP contribution is 2.27. The lowest BCUT2D eigenvalue weighted by atomic mass is 10.2. The third-order valence-corrected chi connectivity index (χ3v) is 2.38. The largest absolute Gasteiger partial charge is 0.477 e. The number of pyridine rings is 1. The number of carboxylic acids is 1. The van der Waals surface area contributed by atoms with Crippen LogP contribution >= 0.6 is 47.2 Å². The molecule has 1 aromatic rings. The SMILES string of the molecule is Cl.O=C(O)c1ccc(C(Cl)=C(Cl)Cl)cn1. The quantitative estimate of drug-likeness (QED) is 0.905. The van der Waals surface area contributed by atoms with Crippen LogP contribution in [-0.2, 0) is 0 Å². The molecule has 0 saturated heterocycles. The molecule has 0 amide bonds. The fourth-order valence-electron chi connectivity index (χ4n) is 0.759. The van der Waals surface area contributed by atoms with E-state index in [9.17, 15) is 4.79 Å². The van der Waals surface area contributed by atoms with E-state index in [4.69, 9.17) is 39.9 Å². The van der Waals surface area contributed by atoms with Gasteiger partial charge in [-0.2, -0.15) is 0 Å². The Morgan fingerprint density at radius 3 is 2.20 bits per heavy atom. The molecule has 0 aromatic carbocycles. The average Bonchev–Trinajstić information content (AvgIpc) is 2.16. The second-order valence-electron chi connectivity index (χ2n) is 2.31. The molecule has 0 aliphatic rings. The molecule has 0 atom stereocenters. The summed E-state index contributed by atoms with van der Waals surface area (Å²) in [5.41, 5.74) is 0.403. The van der Waals surface area contributed by atoms with Crippen LogP contribution in [0.5, 0.6) is 0 Å². The van der Waals surface area contributed by atoms with E-state index >= 15 is 0 Å². The molecule has 1 rings (SSSR count). The molecule has 0 bridgehead atoms. The summed E-state index contributed by atoms with van der Waals surface area (Å²) in [5, 5.41) is 8.70. The van der Waals surface area contributed by atoms with Crippen LogP contribution in [0.15, 0.2) is 22.8 Å². The van der Waals surface area contributed by atoms with E-state index in [2.05, 4.69) is 4.98 Å². The summed E-state index contributed by atoms with van der Waals surface area (Å²) in [5.74, 6) is -1.10. The van der Waals surface area contributed by atoms with Crippen molar-refractivity contribution in [2.45, 2.75) is 0 Å². The summed E-state index contributed by atoms with van der Waals surface area (Å²) in [7, 11) is 0. The third kappa shape index (κ3) is 3.87. The Bertz CT molecular complexity index is 384.